The lowest BCUT2D eigenvalue weighted by Crippen LogP contribution is -2.43. The van der Waals surface area contributed by atoms with E-state index in [0.717, 1.165) is 48.8 Å². The van der Waals surface area contributed by atoms with E-state index >= 15 is 0 Å². The standard InChI is InChI=1S/C21H31N5O/c1-14(2)26-19(7-10-22-26)18-13-17(23-15(3)24-18)16-8-11-25(12-9-16)20(27)21(4,5)6/h7,10,13-14,16H,8-9,11-12H2,1-6H3. The predicted octanol–water partition coefficient (Wildman–Crippen LogP) is 3.98. The van der Waals surface area contributed by atoms with Crippen molar-refractivity contribution in [2.75, 3.05) is 13.1 Å². The highest BCUT2D eigenvalue weighted by atomic mass is 16.2. The monoisotopic (exact) mass is 369 g/mol. The van der Waals surface area contributed by atoms with Crippen molar-refractivity contribution in [1.29, 1.82) is 0 Å². The SMILES string of the molecule is Cc1nc(-c2ccnn2C(C)C)cc(C2CCN(C(=O)C(C)(C)C)CC2)n1. The van der Waals surface area contributed by atoms with Crippen LogP contribution in [-0.4, -0.2) is 43.6 Å². The van der Waals surface area contributed by atoms with Crippen LogP contribution in [0.1, 0.15) is 70.9 Å². The van der Waals surface area contributed by atoms with Crippen molar-refractivity contribution in [3.63, 3.8) is 0 Å². The molecule has 0 bridgehead atoms. The minimum atomic E-state index is -0.319. The van der Waals surface area contributed by atoms with E-state index < -0.39 is 0 Å². The van der Waals surface area contributed by atoms with Crippen LogP contribution in [0.3, 0.4) is 0 Å². The van der Waals surface area contributed by atoms with Crippen LogP contribution >= 0.6 is 0 Å². The minimum absolute atomic E-state index is 0.237. The van der Waals surface area contributed by atoms with Gasteiger partial charge in [-0.1, -0.05) is 20.8 Å². The molecular weight excluding hydrogens is 338 g/mol. The third kappa shape index (κ3) is 4.20. The minimum Gasteiger partial charge on any atom is -0.342 e. The van der Waals surface area contributed by atoms with E-state index in [9.17, 15) is 4.79 Å². The molecule has 0 spiro atoms. The van der Waals surface area contributed by atoms with Gasteiger partial charge in [-0.05, 0) is 45.7 Å². The molecule has 1 fully saturated rings. The number of piperidine rings is 1. The highest BCUT2D eigenvalue weighted by Gasteiger charge is 2.31. The number of carbonyl (C=O) groups is 1. The van der Waals surface area contributed by atoms with Crippen molar-refractivity contribution >= 4 is 5.91 Å². The van der Waals surface area contributed by atoms with E-state index in [1.54, 1.807) is 0 Å². The van der Waals surface area contributed by atoms with Gasteiger partial charge in [-0.2, -0.15) is 5.10 Å². The average molecular weight is 370 g/mol. The fraction of sp³-hybridized carbons (Fsp3) is 0.619. The molecule has 0 saturated carbocycles. The average Bonchev–Trinajstić information content (AvgIpc) is 3.10. The van der Waals surface area contributed by atoms with Crippen molar-refractivity contribution in [2.45, 2.75) is 66.3 Å². The molecule has 1 saturated heterocycles. The fourth-order valence-electron chi connectivity index (χ4n) is 3.71. The molecule has 6 heteroatoms. The molecule has 146 valence electrons. The van der Waals surface area contributed by atoms with Crippen LogP contribution < -0.4 is 0 Å². The third-order valence-corrected chi connectivity index (χ3v) is 5.12. The van der Waals surface area contributed by atoms with Crippen molar-refractivity contribution in [2.24, 2.45) is 5.41 Å². The predicted molar refractivity (Wildman–Crippen MR) is 106 cm³/mol. The zero-order chi connectivity index (χ0) is 19.8. The van der Waals surface area contributed by atoms with Gasteiger partial charge in [0.15, 0.2) is 0 Å². The van der Waals surface area contributed by atoms with Gasteiger partial charge in [0.2, 0.25) is 5.91 Å². The van der Waals surface area contributed by atoms with E-state index in [2.05, 4.69) is 30.0 Å². The quantitative estimate of drug-likeness (QED) is 0.821. The Morgan fingerprint density at radius 3 is 2.44 bits per heavy atom. The van der Waals surface area contributed by atoms with Crippen LogP contribution in [0.25, 0.3) is 11.4 Å². The summed E-state index contributed by atoms with van der Waals surface area (Å²) in [5, 5.41) is 4.43. The van der Waals surface area contributed by atoms with Gasteiger partial charge in [0, 0.05) is 42.4 Å². The second-order valence-corrected chi connectivity index (χ2v) is 8.80. The number of carbonyl (C=O) groups excluding carboxylic acids is 1. The van der Waals surface area contributed by atoms with Gasteiger partial charge in [0.25, 0.3) is 0 Å². The number of aromatic nitrogens is 4. The summed E-state index contributed by atoms with van der Waals surface area (Å²) in [6, 6.07) is 4.39. The molecule has 1 aliphatic heterocycles. The van der Waals surface area contributed by atoms with E-state index in [4.69, 9.17) is 4.98 Å². The summed E-state index contributed by atoms with van der Waals surface area (Å²) in [6.45, 7) is 13.7. The molecular formula is C21H31N5O. The molecule has 1 aliphatic rings. The molecule has 2 aromatic heterocycles. The Kier molecular flexibility index (Phi) is 5.36. The topological polar surface area (TPSA) is 63.9 Å². The molecule has 1 amide bonds. The third-order valence-electron chi connectivity index (χ3n) is 5.12. The number of amides is 1. The molecule has 0 aromatic carbocycles. The Hall–Kier alpha value is -2.24. The van der Waals surface area contributed by atoms with Crippen molar-refractivity contribution in [3.05, 3.63) is 29.8 Å². The molecule has 0 atom stereocenters. The maximum Gasteiger partial charge on any atom is 0.227 e. The maximum absolute atomic E-state index is 12.5. The first kappa shape index (κ1) is 19.5. The molecule has 0 N–H and O–H groups in total. The number of nitrogens with zero attached hydrogens (tertiary/aromatic N) is 5. The van der Waals surface area contributed by atoms with Crippen LogP contribution in [0.2, 0.25) is 0 Å². The van der Waals surface area contributed by atoms with Crippen LogP contribution in [-0.2, 0) is 4.79 Å². The lowest BCUT2D eigenvalue weighted by molar-refractivity contribution is -0.140. The molecule has 3 rings (SSSR count). The van der Waals surface area contributed by atoms with Gasteiger partial charge in [-0.15, -0.1) is 0 Å². The highest BCUT2D eigenvalue weighted by molar-refractivity contribution is 5.81. The molecule has 3 heterocycles. The second kappa shape index (κ2) is 7.41. The number of likely N-dealkylation sites (tertiary alicyclic amines) is 1. The van der Waals surface area contributed by atoms with Gasteiger partial charge in [-0.3, -0.25) is 9.48 Å². The lowest BCUT2D eigenvalue weighted by atomic mass is 9.89. The first-order valence-electron chi connectivity index (χ1n) is 9.85. The van der Waals surface area contributed by atoms with Crippen LogP contribution in [0.4, 0.5) is 0 Å². The molecule has 6 nitrogen and oxygen atoms in total. The lowest BCUT2D eigenvalue weighted by Gasteiger charge is -2.35. The Bertz CT molecular complexity index is 810. The summed E-state index contributed by atoms with van der Waals surface area (Å²) in [6.07, 6.45) is 3.71. The van der Waals surface area contributed by atoms with Gasteiger partial charge < -0.3 is 4.90 Å². The zero-order valence-corrected chi connectivity index (χ0v) is 17.4. The Morgan fingerprint density at radius 1 is 1.19 bits per heavy atom. The smallest absolute Gasteiger partial charge is 0.227 e. The summed E-state index contributed by atoms with van der Waals surface area (Å²) in [5.41, 5.74) is 2.71. The number of aryl methyl sites for hydroxylation is 1. The van der Waals surface area contributed by atoms with Crippen LogP contribution in [0.5, 0.6) is 0 Å². The van der Waals surface area contributed by atoms with Gasteiger partial charge in [0.1, 0.15) is 5.82 Å². The van der Waals surface area contributed by atoms with Crippen molar-refractivity contribution in [1.82, 2.24) is 24.6 Å². The number of rotatable bonds is 3. The zero-order valence-electron chi connectivity index (χ0n) is 17.4. The normalized spacial score (nSPS) is 16.2. The summed E-state index contributed by atoms with van der Waals surface area (Å²) in [5.74, 6) is 1.39. The molecule has 0 radical (unpaired) electrons. The summed E-state index contributed by atoms with van der Waals surface area (Å²) < 4.78 is 2.00. The molecule has 0 aliphatic carbocycles. The van der Waals surface area contributed by atoms with E-state index in [0.29, 0.717) is 5.92 Å². The Labute approximate surface area is 162 Å². The van der Waals surface area contributed by atoms with Gasteiger partial charge >= 0.3 is 0 Å². The Balaban J connectivity index is 1.80. The highest BCUT2D eigenvalue weighted by Crippen LogP contribution is 2.31. The molecule has 0 unspecified atom stereocenters. The molecule has 27 heavy (non-hydrogen) atoms. The second-order valence-electron chi connectivity index (χ2n) is 8.80. The van der Waals surface area contributed by atoms with E-state index in [-0.39, 0.29) is 17.4 Å². The Morgan fingerprint density at radius 2 is 1.85 bits per heavy atom. The van der Waals surface area contributed by atoms with Gasteiger partial charge in [0.05, 0.1) is 11.4 Å². The first-order valence-corrected chi connectivity index (χ1v) is 9.85. The van der Waals surface area contributed by atoms with Gasteiger partial charge in [-0.25, -0.2) is 9.97 Å². The van der Waals surface area contributed by atoms with Crippen molar-refractivity contribution < 1.29 is 4.79 Å². The first-order chi connectivity index (χ1) is 12.7. The summed E-state index contributed by atoms with van der Waals surface area (Å²) in [4.78, 5) is 23.9. The van der Waals surface area contributed by atoms with E-state index in [1.165, 1.54) is 0 Å². The largest absolute Gasteiger partial charge is 0.342 e. The number of hydrogen-bond donors (Lipinski definition) is 0. The summed E-state index contributed by atoms with van der Waals surface area (Å²) in [7, 11) is 0. The van der Waals surface area contributed by atoms with Crippen molar-refractivity contribution in [3.8, 4) is 11.4 Å². The maximum atomic E-state index is 12.5. The number of hydrogen-bond acceptors (Lipinski definition) is 4. The summed E-state index contributed by atoms with van der Waals surface area (Å²) >= 11 is 0. The van der Waals surface area contributed by atoms with Crippen LogP contribution in [0, 0.1) is 12.3 Å². The molecule has 2 aromatic rings. The fourth-order valence-corrected chi connectivity index (χ4v) is 3.71. The van der Waals surface area contributed by atoms with Crippen LogP contribution in [0.15, 0.2) is 18.3 Å². The van der Waals surface area contributed by atoms with E-state index in [1.807, 2.05) is 49.5 Å².